The molecular formula is C23H26N2O. The minimum atomic E-state index is 0.118. The Hall–Kier alpha value is -2.26. The number of H-pyrrole nitrogens is 1. The van der Waals surface area contributed by atoms with Crippen molar-refractivity contribution in [3.63, 3.8) is 0 Å². The number of hydrogen-bond acceptors (Lipinski definition) is 2. The van der Waals surface area contributed by atoms with E-state index in [2.05, 4.69) is 48.1 Å². The van der Waals surface area contributed by atoms with Crippen molar-refractivity contribution in [2.75, 3.05) is 20.1 Å². The largest absolute Gasteiger partial charge is 0.508 e. The molecule has 1 aliphatic heterocycles. The van der Waals surface area contributed by atoms with E-state index in [1.54, 1.807) is 6.07 Å². The fraction of sp³-hybridized carbons (Fsp3) is 0.391. The van der Waals surface area contributed by atoms with Crippen LogP contribution in [-0.2, 0) is 18.3 Å². The molecule has 134 valence electrons. The summed E-state index contributed by atoms with van der Waals surface area (Å²) in [6.45, 7) is 4.45. The van der Waals surface area contributed by atoms with Crippen LogP contribution in [0.2, 0.25) is 0 Å². The summed E-state index contributed by atoms with van der Waals surface area (Å²) in [7, 11) is 2.24. The van der Waals surface area contributed by atoms with Crippen LogP contribution in [0.1, 0.15) is 28.8 Å². The zero-order valence-corrected chi connectivity index (χ0v) is 15.5. The van der Waals surface area contributed by atoms with Crippen LogP contribution in [0.5, 0.6) is 5.75 Å². The number of aromatic nitrogens is 1. The first-order chi connectivity index (χ1) is 12.6. The summed E-state index contributed by atoms with van der Waals surface area (Å²) in [6.07, 6.45) is 3.30. The fourth-order valence-electron chi connectivity index (χ4n) is 5.53. The predicted molar refractivity (Wildman–Crippen MR) is 106 cm³/mol. The highest BCUT2D eigenvalue weighted by Gasteiger charge is 2.47. The molecule has 26 heavy (non-hydrogen) atoms. The molecule has 2 heterocycles. The molecule has 3 heteroatoms. The van der Waals surface area contributed by atoms with Gasteiger partial charge in [-0.05, 0) is 80.6 Å². The average Bonchev–Trinajstić information content (AvgIpc) is 2.98. The monoisotopic (exact) mass is 346 g/mol. The first kappa shape index (κ1) is 16.0. The van der Waals surface area contributed by atoms with E-state index in [0.717, 1.165) is 32.4 Å². The maximum Gasteiger partial charge on any atom is 0.115 e. The Morgan fingerprint density at radius 2 is 2.04 bits per heavy atom. The van der Waals surface area contributed by atoms with Crippen molar-refractivity contribution < 1.29 is 5.11 Å². The number of aromatic hydroxyl groups is 1. The van der Waals surface area contributed by atoms with Crippen molar-refractivity contribution in [3.8, 4) is 5.75 Å². The van der Waals surface area contributed by atoms with Crippen LogP contribution >= 0.6 is 0 Å². The first-order valence-corrected chi connectivity index (χ1v) is 9.64. The molecule has 1 saturated heterocycles. The number of benzene rings is 2. The molecule has 0 amide bonds. The molecule has 2 N–H and O–H groups in total. The lowest BCUT2D eigenvalue weighted by atomic mass is 9.59. The summed E-state index contributed by atoms with van der Waals surface area (Å²) in [4.78, 5) is 6.20. The molecule has 2 aliphatic rings. The molecule has 5 rings (SSSR count). The van der Waals surface area contributed by atoms with Gasteiger partial charge in [-0.15, -0.1) is 0 Å². The molecule has 0 saturated carbocycles. The van der Waals surface area contributed by atoms with Gasteiger partial charge in [-0.1, -0.05) is 24.3 Å². The highest BCUT2D eigenvalue weighted by Crippen LogP contribution is 2.49. The quantitative estimate of drug-likeness (QED) is 0.694. The van der Waals surface area contributed by atoms with Crippen molar-refractivity contribution in [3.05, 3.63) is 64.8 Å². The Kier molecular flexibility index (Phi) is 3.45. The predicted octanol–water partition coefficient (Wildman–Crippen LogP) is 4.17. The number of rotatable bonds is 1. The van der Waals surface area contributed by atoms with Gasteiger partial charge in [-0.25, -0.2) is 0 Å². The maximum atomic E-state index is 10.1. The zero-order valence-electron chi connectivity index (χ0n) is 15.5. The smallest absolute Gasteiger partial charge is 0.115 e. The van der Waals surface area contributed by atoms with Crippen molar-refractivity contribution >= 4 is 10.9 Å². The number of nitrogens with one attached hydrogen (secondary N) is 1. The normalized spacial score (nSPS) is 25.8. The van der Waals surface area contributed by atoms with Crippen LogP contribution in [0, 0.1) is 12.8 Å². The minimum Gasteiger partial charge on any atom is -0.508 e. The Labute approximate surface area is 154 Å². The third kappa shape index (κ3) is 2.23. The van der Waals surface area contributed by atoms with Crippen LogP contribution < -0.4 is 0 Å². The third-order valence-corrected chi connectivity index (χ3v) is 6.84. The maximum absolute atomic E-state index is 10.1. The number of likely N-dealkylation sites (tertiary alicyclic amines) is 1. The van der Waals surface area contributed by atoms with E-state index in [4.69, 9.17) is 0 Å². The highest BCUT2D eigenvalue weighted by molar-refractivity contribution is 5.88. The van der Waals surface area contributed by atoms with E-state index in [0.29, 0.717) is 11.7 Å². The molecule has 3 nitrogen and oxygen atoms in total. The van der Waals surface area contributed by atoms with Gasteiger partial charge in [0.25, 0.3) is 0 Å². The lowest BCUT2D eigenvalue weighted by Gasteiger charge is -2.50. The van der Waals surface area contributed by atoms with E-state index < -0.39 is 0 Å². The number of piperidine rings is 1. The van der Waals surface area contributed by atoms with Crippen LogP contribution in [0.4, 0.5) is 0 Å². The average molecular weight is 346 g/mol. The van der Waals surface area contributed by atoms with Gasteiger partial charge >= 0.3 is 0 Å². The summed E-state index contributed by atoms with van der Waals surface area (Å²) in [5.41, 5.74) is 6.99. The summed E-state index contributed by atoms with van der Waals surface area (Å²) in [5, 5.41) is 11.5. The molecule has 1 unspecified atom stereocenters. The number of aromatic amines is 1. The van der Waals surface area contributed by atoms with E-state index in [9.17, 15) is 5.11 Å². The molecule has 1 fully saturated rings. The summed E-state index contributed by atoms with van der Waals surface area (Å²) in [5.74, 6) is 0.960. The first-order valence-electron chi connectivity index (χ1n) is 9.64. The lowest BCUT2D eigenvalue weighted by Crippen LogP contribution is -2.52. The molecule has 0 bridgehead atoms. The van der Waals surface area contributed by atoms with Crippen molar-refractivity contribution in [1.29, 1.82) is 0 Å². The SMILES string of the molecule is Cc1cccc2[nH]c3c(c12)CC1CN(C)CC[C@]1(c1cccc(O)c1)C3. The van der Waals surface area contributed by atoms with Gasteiger partial charge in [0.05, 0.1) is 0 Å². The Morgan fingerprint density at radius 3 is 2.88 bits per heavy atom. The van der Waals surface area contributed by atoms with Gasteiger partial charge in [0.15, 0.2) is 0 Å². The molecule has 1 aromatic heterocycles. The van der Waals surface area contributed by atoms with E-state index in [1.807, 2.05) is 12.1 Å². The zero-order chi connectivity index (χ0) is 17.9. The van der Waals surface area contributed by atoms with Crippen molar-refractivity contribution in [1.82, 2.24) is 9.88 Å². The number of phenolic OH excluding ortho intramolecular Hbond substituents is 1. The second-order valence-electron chi connectivity index (χ2n) is 8.38. The Morgan fingerprint density at radius 1 is 1.19 bits per heavy atom. The molecule has 1 aliphatic carbocycles. The van der Waals surface area contributed by atoms with Crippen LogP contribution in [-0.4, -0.2) is 35.1 Å². The standard InChI is InChI=1S/C23H26N2O/c1-15-5-3-8-20-22(15)19-12-17-14-25(2)10-9-23(17,13-21(19)24-20)16-6-4-7-18(26)11-16/h3-8,11,17,24,26H,9-10,12-14H2,1-2H3/t17?,23-/m1/s1. The molecule has 0 radical (unpaired) electrons. The van der Waals surface area contributed by atoms with Crippen LogP contribution in [0.15, 0.2) is 42.5 Å². The van der Waals surface area contributed by atoms with Gasteiger partial charge < -0.3 is 15.0 Å². The van der Waals surface area contributed by atoms with Crippen molar-refractivity contribution in [2.45, 2.75) is 31.6 Å². The third-order valence-electron chi connectivity index (χ3n) is 6.84. The molecule has 3 aromatic rings. The number of aryl methyl sites for hydroxylation is 1. The fourth-order valence-corrected chi connectivity index (χ4v) is 5.53. The Balaban J connectivity index is 1.70. The number of phenols is 1. The van der Waals surface area contributed by atoms with E-state index >= 15 is 0 Å². The number of nitrogens with zero attached hydrogens (tertiary/aromatic N) is 1. The van der Waals surface area contributed by atoms with E-state index in [-0.39, 0.29) is 5.41 Å². The number of fused-ring (bicyclic) bond motifs is 4. The van der Waals surface area contributed by atoms with Gasteiger partial charge in [-0.2, -0.15) is 0 Å². The summed E-state index contributed by atoms with van der Waals surface area (Å²) in [6, 6.07) is 14.6. The van der Waals surface area contributed by atoms with E-state index in [1.165, 1.54) is 33.3 Å². The number of hydrogen-bond donors (Lipinski definition) is 2. The lowest BCUT2D eigenvalue weighted by molar-refractivity contribution is 0.0994. The van der Waals surface area contributed by atoms with Gasteiger partial charge in [-0.3, -0.25) is 0 Å². The Bertz CT molecular complexity index is 989. The van der Waals surface area contributed by atoms with Gasteiger partial charge in [0.2, 0.25) is 0 Å². The molecular weight excluding hydrogens is 320 g/mol. The summed E-state index contributed by atoms with van der Waals surface area (Å²) < 4.78 is 0. The van der Waals surface area contributed by atoms with Gasteiger partial charge in [0.1, 0.15) is 5.75 Å². The van der Waals surface area contributed by atoms with Gasteiger partial charge in [0, 0.05) is 28.6 Å². The second kappa shape index (κ2) is 5.62. The highest BCUT2D eigenvalue weighted by atomic mass is 16.3. The summed E-state index contributed by atoms with van der Waals surface area (Å²) >= 11 is 0. The topological polar surface area (TPSA) is 39.3 Å². The van der Waals surface area contributed by atoms with Crippen molar-refractivity contribution in [2.24, 2.45) is 5.92 Å². The van der Waals surface area contributed by atoms with Crippen LogP contribution in [0.25, 0.3) is 10.9 Å². The molecule has 0 spiro atoms. The second-order valence-corrected chi connectivity index (χ2v) is 8.38. The minimum absolute atomic E-state index is 0.118. The van der Waals surface area contributed by atoms with Crippen LogP contribution in [0.3, 0.4) is 0 Å². The molecule has 2 atom stereocenters. The molecule has 2 aromatic carbocycles.